The summed E-state index contributed by atoms with van der Waals surface area (Å²) in [7, 11) is 0. The molecule has 0 aromatic heterocycles. The molecule has 0 aliphatic heterocycles. The Labute approximate surface area is 60.3 Å². The Morgan fingerprint density at radius 1 is 1.50 bits per heavy atom. The van der Waals surface area contributed by atoms with Gasteiger partial charge in [0.05, 0.1) is 0 Å². The molecule has 0 atom stereocenters. The standard InChI is InChI=1S/C8H10NO/c1-6-4-7(5-10)2-3-8(6)9/h2-4H,5,9H2,1H3. The summed E-state index contributed by atoms with van der Waals surface area (Å²) in [5.41, 5.74) is 8.07. The highest BCUT2D eigenvalue weighted by Crippen LogP contribution is 2.12. The van der Waals surface area contributed by atoms with Gasteiger partial charge in [-0.1, -0.05) is 12.1 Å². The van der Waals surface area contributed by atoms with E-state index in [0.717, 1.165) is 16.8 Å². The molecule has 1 aromatic carbocycles. The topological polar surface area (TPSA) is 45.9 Å². The van der Waals surface area contributed by atoms with Crippen LogP contribution in [0.3, 0.4) is 0 Å². The van der Waals surface area contributed by atoms with E-state index in [2.05, 4.69) is 0 Å². The third-order valence-electron chi connectivity index (χ3n) is 1.50. The van der Waals surface area contributed by atoms with Crippen molar-refractivity contribution in [2.24, 2.45) is 0 Å². The van der Waals surface area contributed by atoms with Crippen LogP contribution in [-0.2, 0) is 11.7 Å². The number of nitrogen functional groups attached to an aromatic ring is 1. The lowest BCUT2D eigenvalue weighted by molar-refractivity contribution is 0.177. The highest BCUT2D eigenvalue weighted by atomic mass is 16.3. The van der Waals surface area contributed by atoms with Crippen LogP contribution in [0.5, 0.6) is 0 Å². The smallest absolute Gasteiger partial charge is 0.107 e. The normalized spacial score (nSPS) is 9.80. The lowest BCUT2D eigenvalue weighted by Crippen LogP contribution is -1.90. The zero-order valence-electron chi connectivity index (χ0n) is 5.92. The second-order valence-electron chi connectivity index (χ2n) is 2.34. The van der Waals surface area contributed by atoms with Gasteiger partial charge in [0.15, 0.2) is 0 Å². The lowest BCUT2D eigenvalue weighted by Gasteiger charge is -1.99. The van der Waals surface area contributed by atoms with Crippen LogP contribution < -0.4 is 5.73 Å². The second-order valence-corrected chi connectivity index (χ2v) is 2.34. The molecule has 53 valence electrons. The van der Waals surface area contributed by atoms with Crippen molar-refractivity contribution in [2.45, 2.75) is 13.5 Å². The molecule has 0 aliphatic carbocycles. The van der Waals surface area contributed by atoms with Crippen molar-refractivity contribution in [3.63, 3.8) is 0 Å². The molecule has 1 aromatic rings. The SMILES string of the molecule is Cc1cc(C[O])ccc1N. The van der Waals surface area contributed by atoms with E-state index in [-0.39, 0.29) is 6.61 Å². The van der Waals surface area contributed by atoms with Crippen LogP contribution >= 0.6 is 0 Å². The minimum absolute atomic E-state index is 0.166. The Morgan fingerprint density at radius 2 is 2.20 bits per heavy atom. The van der Waals surface area contributed by atoms with Crippen molar-refractivity contribution in [1.82, 2.24) is 0 Å². The van der Waals surface area contributed by atoms with Crippen LogP contribution in [0, 0.1) is 6.92 Å². The van der Waals surface area contributed by atoms with Crippen LogP contribution in [-0.4, -0.2) is 0 Å². The summed E-state index contributed by atoms with van der Waals surface area (Å²) in [4.78, 5) is 0. The summed E-state index contributed by atoms with van der Waals surface area (Å²) in [5.74, 6) is 0. The van der Waals surface area contributed by atoms with Crippen LogP contribution in [0.4, 0.5) is 5.69 Å². The van der Waals surface area contributed by atoms with E-state index >= 15 is 0 Å². The monoisotopic (exact) mass is 136 g/mol. The Morgan fingerprint density at radius 3 is 2.70 bits per heavy atom. The van der Waals surface area contributed by atoms with Crippen LogP contribution in [0.2, 0.25) is 0 Å². The average molecular weight is 136 g/mol. The van der Waals surface area contributed by atoms with Gasteiger partial charge in [0.2, 0.25) is 0 Å². The molecule has 0 fully saturated rings. The summed E-state index contributed by atoms with van der Waals surface area (Å²) in [6, 6.07) is 5.35. The zero-order valence-corrected chi connectivity index (χ0v) is 5.92. The van der Waals surface area contributed by atoms with Gasteiger partial charge in [0.25, 0.3) is 0 Å². The fraction of sp³-hybridized carbons (Fsp3) is 0.250. The van der Waals surface area contributed by atoms with Crippen LogP contribution in [0.25, 0.3) is 0 Å². The van der Waals surface area contributed by atoms with Crippen molar-refractivity contribution in [3.05, 3.63) is 29.3 Å². The van der Waals surface area contributed by atoms with Gasteiger partial charge in [-0.2, -0.15) is 0 Å². The first-order valence-corrected chi connectivity index (χ1v) is 3.17. The van der Waals surface area contributed by atoms with Gasteiger partial charge in [-0.05, 0) is 24.1 Å². The molecular formula is C8H10NO. The van der Waals surface area contributed by atoms with Gasteiger partial charge < -0.3 is 5.73 Å². The molecule has 0 heterocycles. The number of aryl methyl sites for hydroxylation is 1. The summed E-state index contributed by atoms with van der Waals surface area (Å²) in [5, 5.41) is 10.4. The summed E-state index contributed by atoms with van der Waals surface area (Å²) in [6.07, 6.45) is 0. The minimum atomic E-state index is -0.166. The molecular weight excluding hydrogens is 126 g/mol. The number of anilines is 1. The van der Waals surface area contributed by atoms with Crippen molar-refractivity contribution in [2.75, 3.05) is 5.73 Å². The van der Waals surface area contributed by atoms with Gasteiger partial charge in [0, 0.05) is 5.69 Å². The Kier molecular flexibility index (Phi) is 1.92. The van der Waals surface area contributed by atoms with E-state index in [1.807, 2.05) is 13.0 Å². The first-order chi connectivity index (χ1) is 4.74. The number of rotatable bonds is 1. The fourth-order valence-electron chi connectivity index (χ4n) is 0.828. The van der Waals surface area contributed by atoms with Gasteiger partial charge in [-0.15, -0.1) is 0 Å². The van der Waals surface area contributed by atoms with Crippen molar-refractivity contribution in [3.8, 4) is 0 Å². The Balaban J connectivity index is 3.04. The van der Waals surface area contributed by atoms with Crippen LogP contribution in [0.1, 0.15) is 11.1 Å². The molecule has 0 spiro atoms. The first kappa shape index (κ1) is 7.09. The van der Waals surface area contributed by atoms with E-state index in [9.17, 15) is 5.11 Å². The Bertz CT molecular complexity index is 233. The lowest BCUT2D eigenvalue weighted by atomic mass is 10.1. The third kappa shape index (κ3) is 1.28. The van der Waals surface area contributed by atoms with Gasteiger partial charge in [0.1, 0.15) is 6.61 Å². The molecule has 0 amide bonds. The maximum absolute atomic E-state index is 10.4. The quantitative estimate of drug-likeness (QED) is 0.584. The second kappa shape index (κ2) is 2.71. The molecule has 1 rings (SSSR count). The molecule has 2 N–H and O–H groups in total. The van der Waals surface area contributed by atoms with E-state index in [0.29, 0.717) is 0 Å². The summed E-state index contributed by atoms with van der Waals surface area (Å²) < 4.78 is 0. The maximum Gasteiger partial charge on any atom is 0.107 e. The van der Waals surface area contributed by atoms with Crippen LogP contribution in [0.15, 0.2) is 18.2 Å². The van der Waals surface area contributed by atoms with Gasteiger partial charge in [-0.25, -0.2) is 5.11 Å². The molecule has 10 heavy (non-hydrogen) atoms. The maximum atomic E-state index is 10.4. The molecule has 0 unspecified atom stereocenters. The summed E-state index contributed by atoms with van der Waals surface area (Å²) in [6.45, 7) is 1.73. The number of benzene rings is 1. The van der Waals surface area contributed by atoms with Gasteiger partial charge in [-0.3, -0.25) is 0 Å². The molecule has 1 radical (unpaired) electrons. The van der Waals surface area contributed by atoms with E-state index < -0.39 is 0 Å². The molecule has 2 heteroatoms. The molecule has 0 saturated carbocycles. The predicted molar refractivity (Wildman–Crippen MR) is 40.0 cm³/mol. The number of hydrogen-bond acceptors (Lipinski definition) is 1. The van der Waals surface area contributed by atoms with E-state index in [1.54, 1.807) is 12.1 Å². The Hall–Kier alpha value is -1.02. The van der Waals surface area contributed by atoms with E-state index in [4.69, 9.17) is 5.73 Å². The number of nitrogens with two attached hydrogens (primary N) is 1. The van der Waals surface area contributed by atoms with Crippen molar-refractivity contribution >= 4 is 5.69 Å². The van der Waals surface area contributed by atoms with Crippen molar-refractivity contribution < 1.29 is 5.11 Å². The first-order valence-electron chi connectivity index (χ1n) is 3.17. The highest BCUT2D eigenvalue weighted by Gasteiger charge is 1.94. The van der Waals surface area contributed by atoms with E-state index in [1.165, 1.54) is 0 Å². The van der Waals surface area contributed by atoms with Crippen molar-refractivity contribution in [1.29, 1.82) is 0 Å². The zero-order chi connectivity index (χ0) is 7.56. The number of hydrogen-bond donors (Lipinski definition) is 1. The fourth-order valence-corrected chi connectivity index (χ4v) is 0.828. The predicted octanol–water partition coefficient (Wildman–Crippen LogP) is 1.51. The summed E-state index contributed by atoms with van der Waals surface area (Å²) >= 11 is 0. The third-order valence-corrected chi connectivity index (χ3v) is 1.50. The molecule has 0 bridgehead atoms. The molecule has 0 saturated heterocycles. The molecule has 0 aliphatic rings. The highest BCUT2D eigenvalue weighted by molar-refractivity contribution is 5.47. The molecule has 2 nitrogen and oxygen atoms in total. The average Bonchev–Trinajstić information content (AvgIpc) is 1.95. The minimum Gasteiger partial charge on any atom is -0.399 e. The van der Waals surface area contributed by atoms with Gasteiger partial charge >= 0.3 is 0 Å². The largest absolute Gasteiger partial charge is 0.399 e.